The van der Waals surface area contributed by atoms with Crippen LogP contribution in [-0.2, 0) is 9.53 Å². The lowest BCUT2D eigenvalue weighted by Crippen LogP contribution is -2.29. The Kier molecular flexibility index (Phi) is 7.46. The fourth-order valence-electron chi connectivity index (χ4n) is 1.96. The van der Waals surface area contributed by atoms with E-state index in [0.29, 0.717) is 6.42 Å². The van der Waals surface area contributed by atoms with Crippen LogP contribution in [0, 0.1) is 34.5 Å². The van der Waals surface area contributed by atoms with Gasteiger partial charge >= 0.3 is 11.7 Å². The first-order chi connectivity index (χ1) is 12.5. The summed E-state index contributed by atoms with van der Waals surface area (Å²) in [6.45, 7) is 2.41. The van der Waals surface area contributed by atoms with E-state index < -0.39 is 56.5 Å². The Labute approximate surface area is 152 Å². The Bertz CT molecular complexity index is 809. The molecule has 0 spiro atoms. The lowest BCUT2D eigenvalue weighted by atomic mass is 9.98. The number of rotatable bonds is 8. The maximum atomic E-state index is 14.4. The third-order valence-corrected chi connectivity index (χ3v) is 3.29. The van der Waals surface area contributed by atoms with Crippen LogP contribution in [0.3, 0.4) is 0 Å². The highest BCUT2D eigenvalue weighted by atomic mass is 19.2. The van der Waals surface area contributed by atoms with Crippen LogP contribution in [0.5, 0.6) is 0 Å². The van der Waals surface area contributed by atoms with Gasteiger partial charge in [-0.2, -0.15) is 4.39 Å². The first kappa shape index (κ1) is 22.1. The van der Waals surface area contributed by atoms with Crippen LogP contribution in [0.4, 0.5) is 18.9 Å². The van der Waals surface area contributed by atoms with Crippen molar-refractivity contribution in [2.45, 2.75) is 20.3 Å². The van der Waals surface area contributed by atoms with Gasteiger partial charge in [-0.3, -0.25) is 14.9 Å². The summed E-state index contributed by atoms with van der Waals surface area (Å²) in [6.07, 6.45) is 1.24. The van der Waals surface area contributed by atoms with Gasteiger partial charge in [0.1, 0.15) is 17.0 Å². The summed E-state index contributed by atoms with van der Waals surface area (Å²) in [5, 5.41) is 12.4. The zero-order valence-corrected chi connectivity index (χ0v) is 15.1. The topological polar surface area (TPSA) is 102 Å². The van der Waals surface area contributed by atoms with Crippen LogP contribution in [0.1, 0.15) is 29.3 Å². The molecular formula is C16H18F3N3O5. The van der Waals surface area contributed by atoms with Crippen molar-refractivity contribution < 1.29 is 32.4 Å². The third kappa shape index (κ3) is 4.82. The van der Waals surface area contributed by atoms with Gasteiger partial charge in [-0.1, -0.05) is 6.92 Å². The number of nitro groups is 1. The zero-order chi connectivity index (χ0) is 20.9. The Morgan fingerprint density at radius 2 is 1.81 bits per heavy atom. The molecule has 11 heteroatoms. The molecular weight excluding hydrogens is 371 g/mol. The van der Waals surface area contributed by atoms with Crippen LogP contribution in [-0.4, -0.2) is 42.4 Å². The zero-order valence-electron chi connectivity index (χ0n) is 15.1. The van der Waals surface area contributed by atoms with E-state index in [1.54, 1.807) is 6.92 Å². The van der Waals surface area contributed by atoms with Crippen molar-refractivity contribution in [1.29, 1.82) is 0 Å². The molecule has 0 aromatic heterocycles. The molecule has 0 saturated heterocycles. The average molecular weight is 389 g/mol. The van der Waals surface area contributed by atoms with Gasteiger partial charge in [0, 0.05) is 25.9 Å². The highest BCUT2D eigenvalue weighted by Gasteiger charge is 2.37. The van der Waals surface area contributed by atoms with Crippen molar-refractivity contribution in [2.75, 3.05) is 20.7 Å². The Morgan fingerprint density at radius 3 is 2.30 bits per heavy atom. The molecule has 1 aromatic carbocycles. The molecule has 8 nitrogen and oxygen atoms in total. The van der Waals surface area contributed by atoms with Crippen LogP contribution in [0.15, 0.2) is 11.8 Å². The van der Waals surface area contributed by atoms with E-state index in [1.165, 1.54) is 19.1 Å². The summed E-state index contributed by atoms with van der Waals surface area (Å²) in [4.78, 5) is 34.5. The monoisotopic (exact) mass is 389 g/mol. The number of hydrogen-bond donors (Lipinski definition) is 1. The number of nitrogens with zero attached hydrogens (tertiary/aromatic N) is 2. The van der Waals surface area contributed by atoms with Gasteiger partial charge in [-0.15, -0.1) is 0 Å². The predicted molar refractivity (Wildman–Crippen MR) is 88.2 cm³/mol. The highest BCUT2D eigenvalue weighted by Crippen LogP contribution is 2.32. The standard InChI is InChI=1S/C16H18F3N3O5/c1-5-6-27-16(24)9(7-20-21(3)4)15(23)10-11(17)8(2)12(18)13(19)14(10)22(25)26/h7,20H,5-6H2,1-4H3. The van der Waals surface area contributed by atoms with Crippen LogP contribution in [0.2, 0.25) is 0 Å². The molecule has 0 fully saturated rings. The quantitative estimate of drug-likeness (QED) is 0.106. The molecule has 0 aliphatic rings. The summed E-state index contributed by atoms with van der Waals surface area (Å²) in [6, 6.07) is 0. The van der Waals surface area contributed by atoms with Crippen molar-refractivity contribution in [1.82, 2.24) is 10.4 Å². The smallest absolute Gasteiger partial charge is 0.343 e. The fraction of sp³-hybridized carbons (Fsp3) is 0.375. The first-order valence-corrected chi connectivity index (χ1v) is 7.71. The molecule has 0 aliphatic carbocycles. The Hall–Kier alpha value is -2.95. The van der Waals surface area contributed by atoms with Gasteiger partial charge in [0.15, 0.2) is 5.82 Å². The Balaban J connectivity index is 3.64. The molecule has 0 heterocycles. The van der Waals surface area contributed by atoms with E-state index in [9.17, 15) is 32.9 Å². The number of esters is 1. The number of hydrazine groups is 1. The molecule has 0 bridgehead atoms. The van der Waals surface area contributed by atoms with Crippen molar-refractivity contribution >= 4 is 17.4 Å². The maximum absolute atomic E-state index is 14.4. The van der Waals surface area contributed by atoms with Gasteiger partial charge < -0.3 is 10.2 Å². The molecule has 27 heavy (non-hydrogen) atoms. The molecule has 1 rings (SSSR count). The predicted octanol–water partition coefficient (Wildman–Crippen LogP) is 2.41. The molecule has 0 saturated carbocycles. The third-order valence-electron chi connectivity index (χ3n) is 3.29. The van der Waals surface area contributed by atoms with E-state index in [0.717, 1.165) is 13.1 Å². The van der Waals surface area contributed by atoms with E-state index in [-0.39, 0.29) is 6.61 Å². The van der Waals surface area contributed by atoms with Crippen molar-refractivity contribution in [3.63, 3.8) is 0 Å². The second-order valence-corrected chi connectivity index (χ2v) is 5.59. The number of halogens is 3. The summed E-state index contributed by atoms with van der Waals surface area (Å²) in [5.74, 6) is -8.14. The van der Waals surface area contributed by atoms with E-state index in [1.807, 2.05) is 0 Å². The number of carbonyl (C=O) groups excluding carboxylic acids is 2. The number of nitrogens with one attached hydrogen (secondary N) is 1. The SMILES string of the molecule is CCCOC(=O)C(=CNN(C)C)C(=O)c1c(F)c(C)c(F)c(F)c1[N+](=O)[O-]. The number of hydrogen-bond acceptors (Lipinski definition) is 7. The maximum Gasteiger partial charge on any atom is 0.343 e. The molecule has 148 valence electrons. The first-order valence-electron chi connectivity index (χ1n) is 7.71. The lowest BCUT2D eigenvalue weighted by molar-refractivity contribution is -0.388. The van der Waals surface area contributed by atoms with Crippen molar-refractivity contribution in [3.05, 3.63) is 50.5 Å². The summed E-state index contributed by atoms with van der Waals surface area (Å²) in [7, 11) is 3.00. The second kappa shape index (κ2) is 9.12. The van der Waals surface area contributed by atoms with Crippen molar-refractivity contribution in [3.8, 4) is 0 Å². The minimum absolute atomic E-state index is 0.0766. The van der Waals surface area contributed by atoms with Crippen LogP contribution >= 0.6 is 0 Å². The van der Waals surface area contributed by atoms with Gasteiger partial charge in [-0.25, -0.2) is 18.6 Å². The molecule has 1 N–H and O–H groups in total. The number of nitro benzene ring substituents is 1. The van der Waals surface area contributed by atoms with Gasteiger partial charge in [0.2, 0.25) is 11.6 Å². The lowest BCUT2D eigenvalue weighted by Gasteiger charge is -2.13. The van der Waals surface area contributed by atoms with E-state index >= 15 is 0 Å². The van der Waals surface area contributed by atoms with Gasteiger partial charge in [0.25, 0.3) is 0 Å². The normalized spacial score (nSPS) is 11.5. The minimum Gasteiger partial charge on any atom is -0.462 e. The average Bonchev–Trinajstić information content (AvgIpc) is 2.60. The molecule has 0 aliphatic heterocycles. The summed E-state index contributed by atoms with van der Waals surface area (Å²) >= 11 is 0. The minimum atomic E-state index is -2.00. The fourth-order valence-corrected chi connectivity index (χ4v) is 1.96. The van der Waals surface area contributed by atoms with Gasteiger partial charge in [0.05, 0.1) is 11.5 Å². The molecule has 0 radical (unpaired) electrons. The number of ketones is 1. The number of ether oxygens (including phenoxy) is 1. The number of Topliss-reactive ketones (excluding diaryl/α,β-unsaturated/α-hetero) is 1. The van der Waals surface area contributed by atoms with Gasteiger partial charge in [-0.05, 0) is 13.3 Å². The largest absolute Gasteiger partial charge is 0.462 e. The van der Waals surface area contributed by atoms with Crippen LogP contribution in [0.25, 0.3) is 0 Å². The molecule has 0 atom stereocenters. The van der Waals surface area contributed by atoms with Crippen molar-refractivity contribution in [2.24, 2.45) is 0 Å². The molecule has 0 amide bonds. The van der Waals surface area contributed by atoms with E-state index in [2.05, 4.69) is 5.43 Å². The molecule has 0 unspecified atom stereocenters. The highest BCUT2D eigenvalue weighted by molar-refractivity contribution is 6.25. The second-order valence-electron chi connectivity index (χ2n) is 5.59. The van der Waals surface area contributed by atoms with E-state index in [4.69, 9.17) is 4.74 Å². The number of carbonyl (C=O) groups is 2. The molecule has 1 aromatic rings. The van der Waals surface area contributed by atoms with Crippen LogP contribution < -0.4 is 5.43 Å². The Morgan fingerprint density at radius 1 is 1.22 bits per heavy atom. The summed E-state index contributed by atoms with van der Waals surface area (Å²) in [5.41, 5.74) is -2.35. The number of benzene rings is 1. The summed E-state index contributed by atoms with van der Waals surface area (Å²) < 4.78 is 46.9.